The lowest BCUT2D eigenvalue weighted by atomic mass is 9.87. The maximum absolute atomic E-state index is 13.4. The Balaban J connectivity index is 2.27. The van der Waals surface area contributed by atoms with Crippen molar-refractivity contribution in [3.63, 3.8) is 0 Å². The average Bonchev–Trinajstić information content (AvgIpc) is 2.41. The minimum absolute atomic E-state index is 0.112. The number of ether oxygens (including phenoxy) is 2. The summed E-state index contributed by atoms with van der Waals surface area (Å²) in [6.45, 7) is 1.45. The first-order chi connectivity index (χ1) is 8.76. The van der Waals surface area contributed by atoms with Crippen LogP contribution >= 0.6 is 0 Å². The van der Waals surface area contributed by atoms with E-state index < -0.39 is 0 Å². The monoisotopic (exact) mass is 254 g/mol. The van der Waals surface area contributed by atoms with Gasteiger partial charge < -0.3 is 9.47 Å². The Morgan fingerprint density at radius 3 is 2.78 bits per heavy atom. The molecule has 1 atom stereocenters. The van der Waals surface area contributed by atoms with E-state index >= 15 is 0 Å². The number of hydrogen-bond donors (Lipinski definition) is 2. The van der Waals surface area contributed by atoms with E-state index in [9.17, 15) is 4.39 Å². The molecular weight excluding hydrogens is 235 g/mol. The van der Waals surface area contributed by atoms with Gasteiger partial charge in [-0.3, -0.25) is 11.3 Å². The van der Waals surface area contributed by atoms with Gasteiger partial charge in [0.2, 0.25) is 0 Å². The van der Waals surface area contributed by atoms with Crippen LogP contribution in [0.4, 0.5) is 4.39 Å². The fourth-order valence-corrected chi connectivity index (χ4v) is 2.48. The van der Waals surface area contributed by atoms with Gasteiger partial charge in [0, 0.05) is 18.8 Å². The fraction of sp³-hybridized carbons (Fsp3) is 0.538. The molecule has 1 unspecified atom stereocenters. The summed E-state index contributed by atoms with van der Waals surface area (Å²) in [4.78, 5) is 0. The summed E-state index contributed by atoms with van der Waals surface area (Å²) < 4.78 is 24.0. The van der Waals surface area contributed by atoms with Crippen LogP contribution in [0.15, 0.2) is 18.2 Å². The first-order valence-electron chi connectivity index (χ1n) is 6.13. The van der Waals surface area contributed by atoms with Crippen LogP contribution in [-0.4, -0.2) is 20.3 Å². The molecule has 3 N–H and O–H groups in total. The Labute approximate surface area is 106 Å². The second-order valence-corrected chi connectivity index (χ2v) is 4.48. The molecule has 1 saturated heterocycles. The number of hydrazine groups is 1. The number of nitrogens with one attached hydrogen (secondary N) is 1. The molecule has 18 heavy (non-hydrogen) atoms. The Kier molecular flexibility index (Phi) is 4.52. The van der Waals surface area contributed by atoms with Gasteiger partial charge in [-0.15, -0.1) is 0 Å². The van der Waals surface area contributed by atoms with Gasteiger partial charge in [0.15, 0.2) is 0 Å². The van der Waals surface area contributed by atoms with E-state index in [-0.39, 0.29) is 11.9 Å². The van der Waals surface area contributed by atoms with Gasteiger partial charge in [0.05, 0.1) is 13.2 Å². The van der Waals surface area contributed by atoms with Gasteiger partial charge >= 0.3 is 0 Å². The van der Waals surface area contributed by atoms with Gasteiger partial charge in [-0.1, -0.05) is 0 Å². The molecule has 1 aromatic rings. The van der Waals surface area contributed by atoms with Crippen molar-refractivity contribution in [2.75, 3.05) is 20.3 Å². The third-order valence-corrected chi connectivity index (χ3v) is 3.44. The summed E-state index contributed by atoms with van der Waals surface area (Å²) in [6, 6.07) is 4.40. The van der Waals surface area contributed by atoms with Crippen molar-refractivity contribution >= 4 is 0 Å². The minimum Gasteiger partial charge on any atom is -0.496 e. The van der Waals surface area contributed by atoms with Gasteiger partial charge in [-0.05, 0) is 37.0 Å². The highest BCUT2D eigenvalue weighted by Gasteiger charge is 2.27. The van der Waals surface area contributed by atoms with E-state index in [1.807, 2.05) is 0 Å². The summed E-state index contributed by atoms with van der Waals surface area (Å²) in [5, 5.41) is 0. The maximum Gasteiger partial charge on any atom is 0.123 e. The number of hydrogen-bond acceptors (Lipinski definition) is 4. The van der Waals surface area contributed by atoms with Crippen LogP contribution in [0, 0.1) is 11.7 Å². The SMILES string of the molecule is COc1ccc(F)cc1C(NN)C1CCOCC1. The molecule has 0 saturated carbocycles. The molecule has 4 nitrogen and oxygen atoms in total. The van der Waals surface area contributed by atoms with Crippen LogP contribution < -0.4 is 16.0 Å². The van der Waals surface area contributed by atoms with Crippen molar-refractivity contribution in [3.05, 3.63) is 29.6 Å². The summed E-state index contributed by atoms with van der Waals surface area (Å²) in [5.41, 5.74) is 3.56. The van der Waals surface area contributed by atoms with Gasteiger partial charge in [0.1, 0.15) is 11.6 Å². The minimum atomic E-state index is -0.280. The van der Waals surface area contributed by atoms with E-state index in [1.165, 1.54) is 12.1 Å². The standard InChI is InChI=1S/C13H19FN2O2/c1-17-12-3-2-10(14)8-11(12)13(16-15)9-4-6-18-7-5-9/h2-3,8-9,13,16H,4-7,15H2,1H3. The molecule has 1 aliphatic rings. The molecular formula is C13H19FN2O2. The first-order valence-corrected chi connectivity index (χ1v) is 6.13. The molecule has 0 bridgehead atoms. The molecule has 0 radical (unpaired) electrons. The Morgan fingerprint density at radius 1 is 1.44 bits per heavy atom. The van der Waals surface area contributed by atoms with Crippen LogP contribution in [0.2, 0.25) is 0 Å². The topological polar surface area (TPSA) is 56.5 Å². The molecule has 100 valence electrons. The second-order valence-electron chi connectivity index (χ2n) is 4.48. The lowest BCUT2D eigenvalue weighted by Crippen LogP contribution is -2.36. The number of benzene rings is 1. The van der Waals surface area contributed by atoms with Gasteiger partial charge in [0.25, 0.3) is 0 Å². The van der Waals surface area contributed by atoms with Crippen LogP contribution in [-0.2, 0) is 4.74 Å². The zero-order valence-corrected chi connectivity index (χ0v) is 10.5. The molecule has 0 aliphatic carbocycles. The first kappa shape index (κ1) is 13.3. The summed E-state index contributed by atoms with van der Waals surface area (Å²) in [7, 11) is 1.58. The summed E-state index contributed by atoms with van der Waals surface area (Å²) >= 11 is 0. The van der Waals surface area contributed by atoms with E-state index in [0.29, 0.717) is 11.7 Å². The second kappa shape index (κ2) is 6.13. The Bertz CT molecular complexity index is 395. The highest BCUT2D eigenvalue weighted by Crippen LogP contribution is 2.34. The number of nitrogens with two attached hydrogens (primary N) is 1. The predicted molar refractivity (Wildman–Crippen MR) is 66.6 cm³/mol. The van der Waals surface area contributed by atoms with Crippen molar-refractivity contribution in [3.8, 4) is 5.75 Å². The van der Waals surface area contributed by atoms with E-state index in [0.717, 1.165) is 31.6 Å². The Hall–Kier alpha value is -1.17. The molecule has 2 rings (SSSR count). The van der Waals surface area contributed by atoms with Crippen LogP contribution in [0.25, 0.3) is 0 Å². The van der Waals surface area contributed by atoms with E-state index in [2.05, 4.69) is 5.43 Å². The molecule has 1 fully saturated rings. The average molecular weight is 254 g/mol. The third-order valence-electron chi connectivity index (χ3n) is 3.44. The van der Waals surface area contributed by atoms with Crippen molar-refractivity contribution < 1.29 is 13.9 Å². The number of halogens is 1. The fourth-order valence-electron chi connectivity index (χ4n) is 2.48. The highest BCUT2D eigenvalue weighted by atomic mass is 19.1. The lowest BCUT2D eigenvalue weighted by molar-refractivity contribution is 0.0532. The predicted octanol–water partition coefficient (Wildman–Crippen LogP) is 1.77. The van der Waals surface area contributed by atoms with Crippen molar-refractivity contribution in [1.82, 2.24) is 5.43 Å². The quantitative estimate of drug-likeness (QED) is 0.635. The van der Waals surface area contributed by atoms with Crippen molar-refractivity contribution in [1.29, 1.82) is 0 Å². The number of methoxy groups -OCH3 is 1. The largest absolute Gasteiger partial charge is 0.496 e. The molecule has 1 aliphatic heterocycles. The lowest BCUT2D eigenvalue weighted by Gasteiger charge is -2.30. The molecule has 1 aromatic carbocycles. The van der Waals surface area contributed by atoms with E-state index in [1.54, 1.807) is 13.2 Å². The van der Waals surface area contributed by atoms with Gasteiger partial charge in [-0.2, -0.15) is 0 Å². The molecule has 0 amide bonds. The molecule has 1 heterocycles. The number of rotatable bonds is 4. The van der Waals surface area contributed by atoms with Gasteiger partial charge in [-0.25, -0.2) is 4.39 Å². The Morgan fingerprint density at radius 2 is 2.17 bits per heavy atom. The van der Waals surface area contributed by atoms with Crippen LogP contribution in [0.5, 0.6) is 5.75 Å². The van der Waals surface area contributed by atoms with Crippen molar-refractivity contribution in [2.45, 2.75) is 18.9 Å². The van der Waals surface area contributed by atoms with Crippen molar-refractivity contribution in [2.24, 2.45) is 11.8 Å². The van der Waals surface area contributed by atoms with E-state index in [4.69, 9.17) is 15.3 Å². The molecule has 0 spiro atoms. The maximum atomic E-state index is 13.4. The molecule has 0 aromatic heterocycles. The smallest absolute Gasteiger partial charge is 0.123 e. The summed E-state index contributed by atoms with van der Waals surface area (Å²) in [5.74, 6) is 6.35. The van der Waals surface area contributed by atoms with Crippen LogP contribution in [0.1, 0.15) is 24.4 Å². The normalized spacial score (nSPS) is 18.6. The summed E-state index contributed by atoms with van der Waals surface area (Å²) in [6.07, 6.45) is 1.82. The third kappa shape index (κ3) is 2.80. The molecule has 5 heteroatoms. The van der Waals surface area contributed by atoms with Crippen LogP contribution in [0.3, 0.4) is 0 Å². The highest BCUT2D eigenvalue weighted by molar-refractivity contribution is 5.37. The zero-order valence-electron chi connectivity index (χ0n) is 10.5. The zero-order chi connectivity index (χ0) is 13.0.